The van der Waals surface area contributed by atoms with Gasteiger partial charge in [0.15, 0.2) is 0 Å². The maximum atomic E-state index is 11.5. The molecule has 0 aliphatic heterocycles. The molecule has 0 aliphatic rings. The minimum Gasteiger partial charge on any atom is -0.269 e. The van der Waals surface area contributed by atoms with Gasteiger partial charge in [-0.15, -0.1) is 0 Å². The van der Waals surface area contributed by atoms with Crippen molar-refractivity contribution in [1.29, 1.82) is 0 Å². The first-order valence-corrected chi connectivity index (χ1v) is 3.99. The Kier molecular flexibility index (Phi) is 1.62. The third-order valence-corrected chi connectivity index (χ3v) is 1.91. The van der Waals surface area contributed by atoms with E-state index in [-0.39, 0.29) is 5.56 Å². The van der Waals surface area contributed by atoms with E-state index in [0.29, 0.717) is 11.2 Å². The summed E-state index contributed by atoms with van der Waals surface area (Å²) in [5.41, 5.74) is 2.07. The highest BCUT2D eigenvalue weighted by Gasteiger charge is 1.99. The van der Waals surface area contributed by atoms with Crippen molar-refractivity contribution < 1.29 is 0 Å². The van der Waals surface area contributed by atoms with E-state index < -0.39 is 0 Å². The molecule has 0 fully saturated rings. The van der Waals surface area contributed by atoms with Crippen molar-refractivity contribution >= 4 is 5.65 Å². The Morgan fingerprint density at radius 2 is 2.08 bits per heavy atom. The molecule has 2 heterocycles. The molecule has 0 radical (unpaired) electrons. The Labute approximate surface area is 74.9 Å². The highest BCUT2D eigenvalue weighted by Crippen LogP contribution is 1.97. The van der Waals surface area contributed by atoms with E-state index in [4.69, 9.17) is 0 Å². The molecule has 2 aromatic rings. The van der Waals surface area contributed by atoms with E-state index in [1.54, 1.807) is 19.2 Å². The number of hydrogen-bond donors (Lipinski definition) is 0. The maximum Gasteiger partial charge on any atom is 0.261 e. The van der Waals surface area contributed by atoms with Crippen molar-refractivity contribution in [2.24, 2.45) is 0 Å². The molecule has 4 nitrogen and oxygen atoms in total. The van der Waals surface area contributed by atoms with Gasteiger partial charge < -0.3 is 0 Å². The molecule has 0 spiro atoms. The lowest BCUT2D eigenvalue weighted by molar-refractivity contribution is 0.954. The molecular weight excluding hydrogens is 166 g/mol. The fraction of sp³-hybridized carbons (Fsp3) is 0.222. The van der Waals surface area contributed by atoms with Crippen molar-refractivity contribution in [3.05, 3.63) is 40.2 Å². The molecule has 13 heavy (non-hydrogen) atoms. The number of fused-ring (bicyclic) bond motifs is 1. The standard InChI is InChI=1S/C9H9N3O/c1-6-4-10-8-3-7(2)11-5-12(8)9(6)13/h3-5H,1-2H3. The monoisotopic (exact) mass is 175 g/mol. The van der Waals surface area contributed by atoms with Crippen molar-refractivity contribution in [3.8, 4) is 0 Å². The fourth-order valence-electron chi connectivity index (χ4n) is 1.17. The van der Waals surface area contributed by atoms with Gasteiger partial charge in [0.25, 0.3) is 5.56 Å². The molecule has 0 aromatic carbocycles. The zero-order valence-corrected chi connectivity index (χ0v) is 7.48. The normalized spacial score (nSPS) is 10.6. The lowest BCUT2D eigenvalue weighted by Crippen LogP contribution is -2.17. The topological polar surface area (TPSA) is 47.3 Å². The van der Waals surface area contributed by atoms with E-state index in [1.807, 2.05) is 6.92 Å². The smallest absolute Gasteiger partial charge is 0.261 e. The summed E-state index contributed by atoms with van der Waals surface area (Å²) in [5, 5.41) is 0. The first-order chi connectivity index (χ1) is 6.18. The third kappa shape index (κ3) is 1.20. The van der Waals surface area contributed by atoms with E-state index in [9.17, 15) is 4.79 Å². The van der Waals surface area contributed by atoms with E-state index in [0.717, 1.165) is 5.69 Å². The van der Waals surface area contributed by atoms with Crippen LogP contribution in [-0.4, -0.2) is 14.4 Å². The van der Waals surface area contributed by atoms with Crippen LogP contribution in [0.3, 0.4) is 0 Å². The second-order valence-electron chi connectivity index (χ2n) is 3.00. The van der Waals surface area contributed by atoms with Gasteiger partial charge in [0.1, 0.15) is 12.0 Å². The predicted molar refractivity (Wildman–Crippen MR) is 48.7 cm³/mol. The first-order valence-electron chi connectivity index (χ1n) is 3.99. The molecule has 2 aromatic heterocycles. The number of hydrogen-bond acceptors (Lipinski definition) is 3. The summed E-state index contributed by atoms with van der Waals surface area (Å²) in [5.74, 6) is 0. The fourth-order valence-corrected chi connectivity index (χ4v) is 1.17. The van der Waals surface area contributed by atoms with Crippen LogP contribution in [0.4, 0.5) is 0 Å². The average molecular weight is 175 g/mol. The van der Waals surface area contributed by atoms with Crippen LogP contribution >= 0.6 is 0 Å². The largest absolute Gasteiger partial charge is 0.269 e. The van der Waals surface area contributed by atoms with Crippen molar-refractivity contribution in [2.75, 3.05) is 0 Å². The molecule has 66 valence electrons. The molecule has 0 unspecified atom stereocenters. The predicted octanol–water partition coefficient (Wildman–Crippen LogP) is 0.706. The number of nitrogens with zero attached hydrogens (tertiary/aromatic N) is 3. The molecule has 4 heteroatoms. The van der Waals surface area contributed by atoms with Crippen LogP contribution < -0.4 is 5.56 Å². The quantitative estimate of drug-likeness (QED) is 0.592. The Bertz CT molecular complexity index is 516. The summed E-state index contributed by atoms with van der Waals surface area (Å²) in [4.78, 5) is 19.7. The van der Waals surface area contributed by atoms with Crippen molar-refractivity contribution in [2.45, 2.75) is 13.8 Å². The van der Waals surface area contributed by atoms with Gasteiger partial charge in [0, 0.05) is 23.5 Å². The molecule has 0 amide bonds. The summed E-state index contributed by atoms with van der Waals surface area (Å²) in [6, 6.07) is 1.78. The minimum absolute atomic E-state index is 0.0579. The lowest BCUT2D eigenvalue weighted by atomic mass is 10.3. The first kappa shape index (κ1) is 7.91. The van der Waals surface area contributed by atoms with Gasteiger partial charge in [-0.25, -0.2) is 9.97 Å². The van der Waals surface area contributed by atoms with Crippen molar-refractivity contribution in [3.63, 3.8) is 0 Å². The van der Waals surface area contributed by atoms with E-state index in [2.05, 4.69) is 9.97 Å². The Morgan fingerprint density at radius 3 is 2.85 bits per heavy atom. The Morgan fingerprint density at radius 1 is 1.31 bits per heavy atom. The van der Waals surface area contributed by atoms with Gasteiger partial charge in [0.2, 0.25) is 0 Å². The summed E-state index contributed by atoms with van der Waals surface area (Å²) < 4.78 is 1.45. The van der Waals surface area contributed by atoms with Crippen LogP contribution in [0.1, 0.15) is 11.3 Å². The molecule has 0 N–H and O–H groups in total. The highest BCUT2D eigenvalue weighted by molar-refractivity contribution is 5.38. The number of aromatic nitrogens is 3. The molecular formula is C9H9N3O. The van der Waals surface area contributed by atoms with Crippen LogP contribution in [0, 0.1) is 13.8 Å². The SMILES string of the molecule is Cc1cc2ncc(C)c(=O)n2cn1. The summed E-state index contributed by atoms with van der Waals surface area (Å²) in [7, 11) is 0. The van der Waals surface area contributed by atoms with E-state index in [1.165, 1.54) is 10.7 Å². The minimum atomic E-state index is -0.0579. The van der Waals surface area contributed by atoms with Crippen LogP contribution in [0.25, 0.3) is 5.65 Å². The molecule has 0 aliphatic carbocycles. The second kappa shape index (κ2) is 2.65. The van der Waals surface area contributed by atoms with Crippen LogP contribution in [0.2, 0.25) is 0 Å². The van der Waals surface area contributed by atoms with Gasteiger partial charge in [-0.2, -0.15) is 0 Å². The average Bonchev–Trinajstić information content (AvgIpc) is 2.12. The zero-order valence-electron chi connectivity index (χ0n) is 7.48. The Balaban J connectivity index is 2.95. The second-order valence-corrected chi connectivity index (χ2v) is 3.00. The molecule has 0 atom stereocenters. The molecule has 0 bridgehead atoms. The van der Waals surface area contributed by atoms with Crippen molar-refractivity contribution in [1.82, 2.24) is 14.4 Å². The lowest BCUT2D eigenvalue weighted by Gasteiger charge is -2.00. The van der Waals surface area contributed by atoms with Gasteiger partial charge in [-0.1, -0.05) is 0 Å². The highest BCUT2D eigenvalue weighted by atomic mass is 16.1. The summed E-state index contributed by atoms with van der Waals surface area (Å²) in [6.07, 6.45) is 3.09. The molecule has 0 saturated heterocycles. The van der Waals surface area contributed by atoms with Gasteiger partial charge in [-0.05, 0) is 13.8 Å². The molecule has 0 saturated carbocycles. The summed E-state index contributed by atoms with van der Waals surface area (Å²) in [6.45, 7) is 3.60. The zero-order chi connectivity index (χ0) is 9.42. The Hall–Kier alpha value is -1.71. The van der Waals surface area contributed by atoms with Gasteiger partial charge in [0.05, 0.1) is 0 Å². The third-order valence-electron chi connectivity index (χ3n) is 1.91. The van der Waals surface area contributed by atoms with Crippen LogP contribution in [-0.2, 0) is 0 Å². The van der Waals surface area contributed by atoms with E-state index >= 15 is 0 Å². The number of aryl methyl sites for hydroxylation is 2. The van der Waals surface area contributed by atoms with Gasteiger partial charge >= 0.3 is 0 Å². The van der Waals surface area contributed by atoms with Crippen LogP contribution in [0.5, 0.6) is 0 Å². The van der Waals surface area contributed by atoms with Gasteiger partial charge in [-0.3, -0.25) is 9.20 Å². The maximum absolute atomic E-state index is 11.5. The summed E-state index contributed by atoms with van der Waals surface area (Å²) >= 11 is 0. The van der Waals surface area contributed by atoms with Crippen LogP contribution in [0.15, 0.2) is 23.4 Å². The number of rotatable bonds is 0. The molecule has 2 rings (SSSR count).